The topological polar surface area (TPSA) is 30.2 Å². The van der Waals surface area contributed by atoms with Crippen molar-refractivity contribution in [3.8, 4) is 0 Å². The van der Waals surface area contributed by atoms with E-state index in [4.69, 9.17) is 4.42 Å². The average molecular weight is 243 g/mol. The van der Waals surface area contributed by atoms with Gasteiger partial charge in [0.25, 0.3) is 0 Å². The molecule has 0 bridgehead atoms. The van der Waals surface area contributed by atoms with Gasteiger partial charge in [-0.1, -0.05) is 13.8 Å². The number of carbonyl (C=O) groups is 1. The monoisotopic (exact) mass is 242 g/mol. The lowest BCUT2D eigenvalue weighted by Gasteiger charge is -2.01. The number of hydrogen-bond donors (Lipinski definition) is 0. The molecule has 3 heteroatoms. The molecule has 0 radical (unpaired) electrons. The van der Waals surface area contributed by atoms with Gasteiger partial charge in [-0.05, 0) is 39.6 Å². The Labute approximate surface area is 85.8 Å². The summed E-state index contributed by atoms with van der Waals surface area (Å²) in [4.78, 5) is 10.7. The fraction of sp³-hybridized carbons (Fsp3) is 0.300. The molecule has 0 aliphatic heterocycles. The molecule has 0 saturated carbocycles. The standard InChI is InChI=1S/C10H11BrO2/c1-7(2)8(6-12)5-10-9(11)3-4-13-10/h3-7H,1-2H3/b8-5+. The summed E-state index contributed by atoms with van der Waals surface area (Å²) in [6, 6.07) is 1.80. The van der Waals surface area contributed by atoms with Gasteiger partial charge in [-0.2, -0.15) is 0 Å². The van der Waals surface area contributed by atoms with E-state index in [1.165, 1.54) is 0 Å². The number of halogens is 1. The van der Waals surface area contributed by atoms with Crippen LogP contribution in [0.4, 0.5) is 0 Å². The van der Waals surface area contributed by atoms with Gasteiger partial charge in [0.05, 0.1) is 10.7 Å². The van der Waals surface area contributed by atoms with Crippen LogP contribution < -0.4 is 0 Å². The van der Waals surface area contributed by atoms with Crippen LogP contribution in [-0.4, -0.2) is 6.29 Å². The fourth-order valence-corrected chi connectivity index (χ4v) is 1.21. The fourth-order valence-electron chi connectivity index (χ4n) is 0.897. The Morgan fingerprint density at radius 3 is 2.69 bits per heavy atom. The molecule has 2 nitrogen and oxygen atoms in total. The summed E-state index contributed by atoms with van der Waals surface area (Å²) >= 11 is 3.32. The summed E-state index contributed by atoms with van der Waals surface area (Å²) in [6.07, 6.45) is 4.19. The molecule has 0 amide bonds. The van der Waals surface area contributed by atoms with Gasteiger partial charge in [0.2, 0.25) is 0 Å². The summed E-state index contributed by atoms with van der Waals surface area (Å²) < 4.78 is 6.03. The Morgan fingerprint density at radius 1 is 1.62 bits per heavy atom. The van der Waals surface area contributed by atoms with Crippen LogP contribution in [0.25, 0.3) is 6.08 Å². The number of hydrogen-bond acceptors (Lipinski definition) is 2. The molecule has 1 rings (SSSR count). The molecule has 0 aliphatic carbocycles. The SMILES string of the molecule is CC(C)/C(C=O)=C/c1occc1Br. The molecule has 0 spiro atoms. The Morgan fingerprint density at radius 2 is 2.31 bits per heavy atom. The lowest BCUT2D eigenvalue weighted by molar-refractivity contribution is -0.105. The van der Waals surface area contributed by atoms with E-state index < -0.39 is 0 Å². The predicted octanol–water partition coefficient (Wildman–Crippen LogP) is 3.28. The number of aldehydes is 1. The first-order valence-corrected chi connectivity index (χ1v) is 4.84. The lowest BCUT2D eigenvalue weighted by atomic mass is 10.0. The van der Waals surface area contributed by atoms with Gasteiger partial charge >= 0.3 is 0 Å². The van der Waals surface area contributed by atoms with Gasteiger partial charge < -0.3 is 4.42 Å². The minimum Gasteiger partial charge on any atom is -0.464 e. The van der Waals surface area contributed by atoms with Gasteiger partial charge in [0.15, 0.2) is 0 Å². The highest BCUT2D eigenvalue weighted by atomic mass is 79.9. The molecule has 0 aromatic carbocycles. The highest BCUT2D eigenvalue weighted by Gasteiger charge is 2.05. The molecule has 1 aromatic heterocycles. The van der Waals surface area contributed by atoms with Gasteiger partial charge in [0.1, 0.15) is 12.0 Å². The maximum absolute atomic E-state index is 10.7. The van der Waals surface area contributed by atoms with Crippen molar-refractivity contribution in [2.45, 2.75) is 13.8 Å². The van der Waals surface area contributed by atoms with Crippen LogP contribution in [0.1, 0.15) is 19.6 Å². The van der Waals surface area contributed by atoms with E-state index in [9.17, 15) is 4.79 Å². The van der Waals surface area contributed by atoms with E-state index in [2.05, 4.69) is 15.9 Å². The summed E-state index contributed by atoms with van der Waals surface area (Å²) in [7, 11) is 0. The zero-order valence-corrected chi connectivity index (χ0v) is 9.17. The van der Waals surface area contributed by atoms with Crippen molar-refractivity contribution in [3.63, 3.8) is 0 Å². The van der Waals surface area contributed by atoms with E-state index in [1.807, 2.05) is 13.8 Å². The molecule has 0 atom stereocenters. The Bertz CT molecular complexity index is 323. The number of rotatable bonds is 3. The molecule has 70 valence electrons. The molecule has 0 N–H and O–H groups in total. The quantitative estimate of drug-likeness (QED) is 0.602. The highest BCUT2D eigenvalue weighted by Crippen LogP contribution is 2.21. The molecular formula is C10H11BrO2. The molecule has 0 unspecified atom stereocenters. The first-order valence-electron chi connectivity index (χ1n) is 4.05. The Balaban J connectivity index is 2.98. The van der Waals surface area contributed by atoms with Gasteiger partial charge in [0, 0.05) is 0 Å². The molecular weight excluding hydrogens is 232 g/mol. The van der Waals surface area contributed by atoms with Crippen molar-refractivity contribution in [2.24, 2.45) is 5.92 Å². The number of furan rings is 1. The summed E-state index contributed by atoms with van der Waals surface area (Å²) in [5, 5.41) is 0. The Hall–Kier alpha value is -0.830. The second-order valence-electron chi connectivity index (χ2n) is 3.05. The summed E-state index contributed by atoms with van der Waals surface area (Å²) in [5.41, 5.74) is 0.732. The van der Waals surface area contributed by atoms with Crippen LogP contribution in [0, 0.1) is 5.92 Å². The van der Waals surface area contributed by atoms with Crippen molar-refractivity contribution in [2.75, 3.05) is 0 Å². The number of carbonyl (C=O) groups excluding carboxylic acids is 1. The van der Waals surface area contributed by atoms with Crippen molar-refractivity contribution in [1.29, 1.82) is 0 Å². The van der Waals surface area contributed by atoms with E-state index in [1.54, 1.807) is 18.4 Å². The van der Waals surface area contributed by atoms with Crippen LogP contribution in [0.5, 0.6) is 0 Å². The second kappa shape index (κ2) is 4.42. The van der Waals surface area contributed by atoms with Crippen LogP contribution in [0.15, 0.2) is 26.8 Å². The highest BCUT2D eigenvalue weighted by molar-refractivity contribution is 9.10. The maximum atomic E-state index is 10.7. The molecule has 0 aliphatic rings. The molecule has 1 heterocycles. The average Bonchev–Trinajstić information content (AvgIpc) is 2.46. The number of allylic oxidation sites excluding steroid dienone is 1. The van der Waals surface area contributed by atoms with Crippen molar-refractivity contribution in [3.05, 3.63) is 28.1 Å². The van der Waals surface area contributed by atoms with Crippen LogP contribution in [-0.2, 0) is 4.79 Å². The third-order valence-electron chi connectivity index (χ3n) is 1.75. The molecule has 1 aromatic rings. The predicted molar refractivity (Wildman–Crippen MR) is 55.3 cm³/mol. The second-order valence-corrected chi connectivity index (χ2v) is 3.90. The van der Waals surface area contributed by atoms with E-state index in [0.717, 1.165) is 16.3 Å². The van der Waals surface area contributed by atoms with Gasteiger partial charge in [-0.15, -0.1) is 0 Å². The third-order valence-corrected chi connectivity index (χ3v) is 2.40. The smallest absolute Gasteiger partial charge is 0.146 e. The van der Waals surface area contributed by atoms with Crippen molar-refractivity contribution in [1.82, 2.24) is 0 Å². The maximum Gasteiger partial charge on any atom is 0.146 e. The molecule has 0 saturated heterocycles. The Kier molecular flexibility index (Phi) is 3.48. The zero-order valence-electron chi connectivity index (χ0n) is 7.58. The van der Waals surface area contributed by atoms with Crippen LogP contribution in [0.2, 0.25) is 0 Å². The minimum absolute atomic E-state index is 0.217. The van der Waals surface area contributed by atoms with Crippen molar-refractivity contribution >= 4 is 28.3 Å². The minimum atomic E-state index is 0.217. The van der Waals surface area contributed by atoms with Gasteiger partial charge in [-0.25, -0.2) is 0 Å². The molecule has 13 heavy (non-hydrogen) atoms. The van der Waals surface area contributed by atoms with E-state index in [0.29, 0.717) is 5.76 Å². The molecule has 0 fully saturated rings. The zero-order chi connectivity index (χ0) is 9.84. The lowest BCUT2D eigenvalue weighted by Crippen LogP contribution is -1.94. The third kappa shape index (κ3) is 2.56. The van der Waals surface area contributed by atoms with Crippen LogP contribution >= 0.6 is 15.9 Å². The summed E-state index contributed by atoms with van der Waals surface area (Å²) in [5.74, 6) is 0.908. The first kappa shape index (κ1) is 10.3. The normalized spacial score (nSPS) is 12.2. The van der Waals surface area contributed by atoms with E-state index >= 15 is 0 Å². The van der Waals surface area contributed by atoms with E-state index in [-0.39, 0.29) is 5.92 Å². The summed E-state index contributed by atoms with van der Waals surface area (Å²) in [6.45, 7) is 3.94. The first-order chi connectivity index (χ1) is 6.15. The van der Waals surface area contributed by atoms with Crippen LogP contribution in [0.3, 0.4) is 0 Å². The van der Waals surface area contributed by atoms with Crippen molar-refractivity contribution < 1.29 is 9.21 Å². The van der Waals surface area contributed by atoms with Gasteiger partial charge in [-0.3, -0.25) is 4.79 Å². The largest absolute Gasteiger partial charge is 0.464 e.